The topological polar surface area (TPSA) is 62.9 Å². The molecule has 1 aromatic carbocycles. The Morgan fingerprint density at radius 2 is 2.00 bits per heavy atom. The summed E-state index contributed by atoms with van der Waals surface area (Å²) in [6, 6.07) is 4.77. The fourth-order valence-electron chi connectivity index (χ4n) is 4.81. The zero-order valence-electron chi connectivity index (χ0n) is 18.7. The zero-order chi connectivity index (χ0) is 22.6. The number of rotatable bonds is 4. The molecular weight excluding hydrogens is 431 g/mol. The predicted octanol–water partition coefficient (Wildman–Crippen LogP) is 4.73. The van der Waals surface area contributed by atoms with Crippen molar-refractivity contribution in [2.24, 2.45) is 0 Å². The zero-order valence-corrected chi connectivity index (χ0v) is 19.4. The molecule has 170 valence electrons. The Labute approximate surface area is 192 Å². The van der Waals surface area contributed by atoms with Gasteiger partial charge in [-0.3, -0.25) is 4.90 Å². The third-order valence-corrected chi connectivity index (χ3v) is 7.29. The summed E-state index contributed by atoms with van der Waals surface area (Å²) in [7, 11) is 0. The maximum Gasteiger partial charge on any atom is 0.160 e. The van der Waals surface area contributed by atoms with Gasteiger partial charge in [-0.2, -0.15) is 5.10 Å². The van der Waals surface area contributed by atoms with Crippen LogP contribution in [0, 0.1) is 19.7 Å². The Balaban J connectivity index is 1.34. The van der Waals surface area contributed by atoms with Crippen molar-refractivity contribution in [2.75, 3.05) is 0 Å². The third-order valence-electron chi connectivity index (χ3n) is 6.75. The minimum Gasteiger partial charge on any atom is -0.490 e. The van der Waals surface area contributed by atoms with E-state index >= 15 is 0 Å². The van der Waals surface area contributed by atoms with Crippen molar-refractivity contribution in [1.82, 2.24) is 19.5 Å². The molecule has 6 nitrogen and oxygen atoms in total. The molecule has 1 aliphatic carbocycles. The summed E-state index contributed by atoms with van der Waals surface area (Å²) in [4.78, 5) is 6.94. The van der Waals surface area contributed by atoms with E-state index in [-0.39, 0.29) is 11.9 Å². The van der Waals surface area contributed by atoms with Crippen molar-refractivity contribution in [3.8, 4) is 5.75 Å². The fourth-order valence-corrected chi connectivity index (χ4v) is 4.93. The molecule has 2 aliphatic rings. The summed E-state index contributed by atoms with van der Waals surface area (Å²) in [6.07, 6.45) is 2.92. The first-order valence-corrected chi connectivity index (χ1v) is 11.5. The summed E-state index contributed by atoms with van der Waals surface area (Å²) in [6.45, 7) is 7.77. The minimum atomic E-state index is -0.626. The standard InChI is InChI=1S/C24H28ClFN4O2/c1-14-22(25)15(2)30-23(27-14)19-12-29(13-20(19)28-30)11-16-4-5-17(26)10-21(16)32-18-6-8-24(3,31)9-7-18/h4-5,10,18,31H,6-9,11-13H2,1-3H3. The summed E-state index contributed by atoms with van der Waals surface area (Å²) < 4.78 is 22.1. The maximum absolute atomic E-state index is 14.0. The van der Waals surface area contributed by atoms with Gasteiger partial charge in [-0.1, -0.05) is 17.7 Å². The van der Waals surface area contributed by atoms with Gasteiger partial charge in [0, 0.05) is 36.8 Å². The van der Waals surface area contributed by atoms with Gasteiger partial charge in [0.05, 0.1) is 33.8 Å². The number of benzene rings is 1. The van der Waals surface area contributed by atoms with Gasteiger partial charge in [-0.05, 0) is 52.5 Å². The molecule has 5 rings (SSSR count). The highest BCUT2D eigenvalue weighted by Crippen LogP contribution is 2.34. The monoisotopic (exact) mass is 458 g/mol. The maximum atomic E-state index is 14.0. The van der Waals surface area contributed by atoms with Crippen LogP contribution in [-0.4, -0.2) is 36.3 Å². The van der Waals surface area contributed by atoms with Gasteiger partial charge < -0.3 is 9.84 Å². The molecule has 0 spiro atoms. The lowest BCUT2D eigenvalue weighted by Gasteiger charge is -2.33. The van der Waals surface area contributed by atoms with Crippen LogP contribution in [-0.2, 0) is 19.6 Å². The molecule has 3 aromatic rings. The quantitative estimate of drug-likeness (QED) is 0.612. The molecule has 0 atom stereocenters. The summed E-state index contributed by atoms with van der Waals surface area (Å²) in [5, 5.41) is 15.6. The number of hydrogen-bond donors (Lipinski definition) is 1. The number of fused-ring (bicyclic) bond motifs is 3. The lowest BCUT2D eigenvalue weighted by molar-refractivity contribution is -0.0112. The van der Waals surface area contributed by atoms with Crippen molar-refractivity contribution in [1.29, 1.82) is 0 Å². The number of halogens is 2. The minimum absolute atomic E-state index is 0.00402. The smallest absolute Gasteiger partial charge is 0.160 e. The van der Waals surface area contributed by atoms with Crippen molar-refractivity contribution in [3.05, 3.63) is 57.2 Å². The second-order valence-electron chi connectivity index (χ2n) is 9.47. The van der Waals surface area contributed by atoms with Crippen molar-refractivity contribution in [2.45, 2.75) is 77.8 Å². The SMILES string of the molecule is Cc1nc2c3c(nn2c(C)c1Cl)CN(Cc1ccc(F)cc1OC1CCC(C)(O)CC1)C3. The number of ether oxygens (including phenoxy) is 1. The molecule has 2 aromatic heterocycles. The van der Waals surface area contributed by atoms with E-state index in [1.165, 1.54) is 12.1 Å². The van der Waals surface area contributed by atoms with Crippen LogP contribution < -0.4 is 4.74 Å². The van der Waals surface area contributed by atoms with Crippen LogP contribution in [0.1, 0.15) is 60.8 Å². The molecule has 32 heavy (non-hydrogen) atoms. The molecule has 1 aliphatic heterocycles. The molecule has 0 radical (unpaired) electrons. The van der Waals surface area contributed by atoms with Crippen LogP contribution >= 0.6 is 11.6 Å². The van der Waals surface area contributed by atoms with Crippen LogP contribution in [0.2, 0.25) is 5.02 Å². The highest BCUT2D eigenvalue weighted by Gasteiger charge is 2.31. The Kier molecular flexibility index (Phi) is 5.39. The Bertz CT molecular complexity index is 1180. The molecule has 1 saturated carbocycles. The highest BCUT2D eigenvalue weighted by atomic mass is 35.5. The van der Waals surface area contributed by atoms with Gasteiger partial charge in [0.1, 0.15) is 11.6 Å². The van der Waals surface area contributed by atoms with Gasteiger partial charge in [0.25, 0.3) is 0 Å². The van der Waals surface area contributed by atoms with E-state index in [1.54, 1.807) is 6.07 Å². The number of aromatic nitrogens is 3. The van der Waals surface area contributed by atoms with Gasteiger partial charge in [-0.25, -0.2) is 13.9 Å². The average Bonchev–Trinajstić information content (AvgIpc) is 3.28. The Hall–Kier alpha value is -2.22. The van der Waals surface area contributed by atoms with E-state index in [1.807, 2.05) is 25.3 Å². The summed E-state index contributed by atoms with van der Waals surface area (Å²) >= 11 is 6.35. The molecule has 8 heteroatoms. The van der Waals surface area contributed by atoms with E-state index in [4.69, 9.17) is 21.4 Å². The van der Waals surface area contributed by atoms with Crippen molar-refractivity contribution < 1.29 is 14.2 Å². The van der Waals surface area contributed by atoms with E-state index in [9.17, 15) is 9.50 Å². The van der Waals surface area contributed by atoms with Crippen LogP contribution in [0.15, 0.2) is 18.2 Å². The summed E-state index contributed by atoms with van der Waals surface area (Å²) in [5.74, 6) is 0.285. The molecule has 0 unspecified atom stereocenters. The number of nitrogens with zero attached hydrogens (tertiary/aromatic N) is 4. The molecular formula is C24H28ClFN4O2. The van der Waals surface area contributed by atoms with E-state index < -0.39 is 5.60 Å². The fraction of sp³-hybridized carbons (Fsp3) is 0.500. The van der Waals surface area contributed by atoms with Crippen LogP contribution in [0.25, 0.3) is 5.65 Å². The Morgan fingerprint density at radius 1 is 1.25 bits per heavy atom. The molecule has 3 heterocycles. The van der Waals surface area contributed by atoms with Crippen molar-refractivity contribution >= 4 is 17.2 Å². The molecule has 0 amide bonds. The molecule has 1 fully saturated rings. The first-order valence-electron chi connectivity index (χ1n) is 11.1. The number of aliphatic hydroxyl groups is 1. The van der Waals surface area contributed by atoms with Crippen LogP contribution in [0.3, 0.4) is 0 Å². The van der Waals surface area contributed by atoms with E-state index in [0.717, 1.165) is 53.2 Å². The van der Waals surface area contributed by atoms with Gasteiger partial charge >= 0.3 is 0 Å². The predicted molar refractivity (Wildman–Crippen MR) is 120 cm³/mol. The average molecular weight is 459 g/mol. The first kappa shape index (κ1) is 21.6. The number of aryl methyl sites for hydroxylation is 2. The second-order valence-corrected chi connectivity index (χ2v) is 9.85. The van der Waals surface area contributed by atoms with Crippen molar-refractivity contribution in [3.63, 3.8) is 0 Å². The highest BCUT2D eigenvalue weighted by molar-refractivity contribution is 6.31. The summed E-state index contributed by atoms with van der Waals surface area (Å²) in [5.41, 5.74) is 5.00. The molecule has 0 saturated heterocycles. The molecule has 0 bridgehead atoms. The van der Waals surface area contributed by atoms with Crippen LogP contribution in [0.4, 0.5) is 4.39 Å². The first-order chi connectivity index (χ1) is 15.2. The van der Waals surface area contributed by atoms with E-state index in [0.29, 0.717) is 36.7 Å². The van der Waals surface area contributed by atoms with Crippen LogP contribution in [0.5, 0.6) is 5.75 Å². The van der Waals surface area contributed by atoms with E-state index in [2.05, 4.69) is 9.88 Å². The molecule has 1 N–H and O–H groups in total. The van der Waals surface area contributed by atoms with Gasteiger partial charge in [0.2, 0.25) is 0 Å². The number of hydrogen-bond acceptors (Lipinski definition) is 5. The largest absolute Gasteiger partial charge is 0.490 e. The van der Waals surface area contributed by atoms with Gasteiger partial charge in [0.15, 0.2) is 5.65 Å². The van der Waals surface area contributed by atoms with Gasteiger partial charge in [-0.15, -0.1) is 0 Å². The lowest BCUT2D eigenvalue weighted by Crippen LogP contribution is -2.35. The third kappa shape index (κ3) is 3.98. The normalized spacial score (nSPS) is 23.6. The second kappa shape index (κ2) is 7.97. The Morgan fingerprint density at radius 3 is 2.75 bits per heavy atom. The lowest BCUT2D eigenvalue weighted by atomic mass is 9.85.